The van der Waals surface area contributed by atoms with E-state index in [4.69, 9.17) is 5.11 Å². The second kappa shape index (κ2) is 4.87. The summed E-state index contributed by atoms with van der Waals surface area (Å²) in [6, 6.07) is 1.72. The first kappa shape index (κ1) is 12.1. The lowest BCUT2D eigenvalue weighted by Gasteiger charge is -2.07. The van der Waals surface area contributed by atoms with Gasteiger partial charge in [0.15, 0.2) is 0 Å². The van der Waals surface area contributed by atoms with Crippen molar-refractivity contribution in [2.75, 3.05) is 5.32 Å². The first-order valence-corrected chi connectivity index (χ1v) is 6.54. The number of carbonyl (C=O) groups excluding carboxylic acids is 1. The lowest BCUT2D eigenvalue weighted by Crippen LogP contribution is -2.19. The molecular weight excluding hydrogens is 238 g/mol. The first-order valence-electron chi connectivity index (χ1n) is 5.72. The highest BCUT2D eigenvalue weighted by Crippen LogP contribution is 2.30. The minimum atomic E-state index is -0.936. The fraction of sp³-hybridized carbons (Fsp3) is 0.500. The second-order valence-electron chi connectivity index (χ2n) is 4.40. The van der Waals surface area contributed by atoms with Gasteiger partial charge in [-0.15, -0.1) is 11.3 Å². The van der Waals surface area contributed by atoms with Crippen LogP contribution in [0.2, 0.25) is 0 Å². The van der Waals surface area contributed by atoms with Crippen molar-refractivity contribution in [1.82, 2.24) is 0 Å². The summed E-state index contributed by atoms with van der Waals surface area (Å²) in [4.78, 5) is 23.0. The zero-order valence-corrected chi connectivity index (χ0v) is 10.5. The van der Waals surface area contributed by atoms with Crippen LogP contribution in [0, 0.1) is 12.8 Å². The van der Waals surface area contributed by atoms with Crippen molar-refractivity contribution in [2.45, 2.75) is 32.6 Å². The van der Waals surface area contributed by atoms with Gasteiger partial charge in [-0.3, -0.25) is 4.79 Å². The van der Waals surface area contributed by atoms with Crippen LogP contribution in [-0.4, -0.2) is 17.0 Å². The molecule has 0 aliphatic heterocycles. The molecule has 0 spiro atoms. The average molecular weight is 253 g/mol. The van der Waals surface area contributed by atoms with Crippen LogP contribution in [0.15, 0.2) is 6.07 Å². The van der Waals surface area contributed by atoms with Crippen LogP contribution in [0.1, 0.15) is 40.9 Å². The second-order valence-corrected chi connectivity index (χ2v) is 5.45. The number of aryl methyl sites for hydroxylation is 1. The van der Waals surface area contributed by atoms with Crippen LogP contribution >= 0.6 is 11.3 Å². The number of thiophene rings is 1. The van der Waals surface area contributed by atoms with E-state index in [9.17, 15) is 9.59 Å². The van der Waals surface area contributed by atoms with Gasteiger partial charge in [-0.1, -0.05) is 12.8 Å². The maximum absolute atomic E-state index is 11.9. The molecule has 92 valence electrons. The summed E-state index contributed by atoms with van der Waals surface area (Å²) >= 11 is 1.12. The third-order valence-corrected chi connectivity index (χ3v) is 4.22. The van der Waals surface area contributed by atoms with E-state index in [1.165, 1.54) is 0 Å². The van der Waals surface area contributed by atoms with Gasteiger partial charge in [0.05, 0.1) is 5.00 Å². The number of carboxylic acids is 1. The van der Waals surface area contributed by atoms with Crippen molar-refractivity contribution < 1.29 is 14.7 Å². The van der Waals surface area contributed by atoms with Crippen molar-refractivity contribution in [2.24, 2.45) is 5.92 Å². The molecule has 17 heavy (non-hydrogen) atoms. The van der Waals surface area contributed by atoms with Gasteiger partial charge in [0, 0.05) is 5.92 Å². The Morgan fingerprint density at radius 3 is 2.59 bits per heavy atom. The maximum atomic E-state index is 11.9. The maximum Gasteiger partial charge on any atom is 0.346 e. The van der Waals surface area contributed by atoms with E-state index < -0.39 is 5.97 Å². The van der Waals surface area contributed by atoms with E-state index in [1.807, 2.05) is 0 Å². The van der Waals surface area contributed by atoms with Gasteiger partial charge in [-0.2, -0.15) is 0 Å². The molecule has 1 heterocycles. The van der Waals surface area contributed by atoms with Gasteiger partial charge in [0.2, 0.25) is 5.91 Å². The average Bonchev–Trinajstić information content (AvgIpc) is 2.86. The standard InChI is InChI=1S/C12H15NO3S/c1-7-6-9(17-10(7)12(15)16)13-11(14)8-4-2-3-5-8/h6,8H,2-5H2,1H3,(H,13,14)(H,15,16). The van der Waals surface area contributed by atoms with E-state index in [0.717, 1.165) is 37.0 Å². The van der Waals surface area contributed by atoms with Crippen molar-refractivity contribution >= 4 is 28.2 Å². The molecule has 2 N–H and O–H groups in total. The van der Waals surface area contributed by atoms with E-state index in [-0.39, 0.29) is 11.8 Å². The molecule has 1 aromatic rings. The SMILES string of the molecule is Cc1cc(NC(=O)C2CCCC2)sc1C(=O)O. The molecule has 1 fully saturated rings. The largest absolute Gasteiger partial charge is 0.477 e. The van der Waals surface area contributed by atoms with Gasteiger partial charge < -0.3 is 10.4 Å². The number of hydrogen-bond acceptors (Lipinski definition) is 3. The third-order valence-electron chi connectivity index (χ3n) is 3.08. The zero-order valence-electron chi connectivity index (χ0n) is 9.66. The number of amides is 1. The highest BCUT2D eigenvalue weighted by atomic mass is 32.1. The first-order chi connectivity index (χ1) is 8.08. The number of aromatic carboxylic acids is 1. The normalized spacial score (nSPS) is 16.1. The Kier molecular flexibility index (Phi) is 3.47. The van der Waals surface area contributed by atoms with E-state index >= 15 is 0 Å². The molecule has 1 aliphatic rings. The van der Waals surface area contributed by atoms with Crippen molar-refractivity contribution in [3.63, 3.8) is 0 Å². The van der Waals surface area contributed by atoms with Crippen LogP contribution in [0.4, 0.5) is 5.00 Å². The van der Waals surface area contributed by atoms with Gasteiger partial charge in [0.1, 0.15) is 4.88 Å². The summed E-state index contributed by atoms with van der Waals surface area (Å²) in [5, 5.41) is 12.4. The number of anilines is 1. The lowest BCUT2D eigenvalue weighted by atomic mass is 10.1. The van der Waals surface area contributed by atoms with Gasteiger partial charge in [0.25, 0.3) is 0 Å². The van der Waals surface area contributed by atoms with Gasteiger partial charge in [-0.25, -0.2) is 4.79 Å². The number of rotatable bonds is 3. The summed E-state index contributed by atoms with van der Waals surface area (Å²) in [6.45, 7) is 1.74. The minimum absolute atomic E-state index is 0.0284. The molecule has 0 unspecified atom stereocenters. The van der Waals surface area contributed by atoms with E-state index in [1.54, 1.807) is 13.0 Å². The fourth-order valence-electron chi connectivity index (χ4n) is 2.17. The van der Waals surface area contributed by atoms with Crippen LogP contribution in [0.3, 0.4) is 0 Å². The molecule has 0 bridgehead atoms. The molecule has 0 saturated heterocycles. The third kappa shape index (κ3) is 2.66. The monoisotopic (exact) mass is 253 g/mol. The lowest BCUT2D eigenvalue weighted by molar-refractivity contribution is -0.119. The smallest absolute Gasteiger partial charge is 0.346 e. The fourth-order valence-corrected chi connectivity index (χ4v) is 3.08. The van der Waals surface area contributed by atoms with Crippen molar-refractivity contribution in [1.29, 1.82) is 0 Å². The Labute approximate surface area is 104 Å². The van der Waals surface area contributed by atoms with Crippen LogP contribution in [-0.2, 0) is 4.79 Å². The Morgan fingerprint density at radius 1 is 1.41 bits per heavy atom. The molecule has 0 aromatic carbocycles. The Hall–Kier alpha value is -1.36. The molecule has 1 aliphatic carbocycles. The van der Waals surface area contributed by atoms with Crippen molar-refractivity contribution in [3.05, 3.63) is 16.5 Å². The topological polar surface area (TPSA) is 66.4 Å². The molecule has 0 atom stereocenters. The van der Waals surface area contributed by atoms with Crippen molar-refractivity contribution in [3.8, 4) is 0 Å². The summed E-state index contributed by atoms with van der Waals surface area (Å²) in [6.07, 6.45) is 4.12. The summed E-state index contributed by atoms with van der Waals surface area (Å²) in [5.74, 6) is -0.805. The summed E-state index contributed by atoms with van der Waals surface area (Å²) < 4.78 is 0. The number of carbonyl (C=O) groups is 2. The molecule has 1 saturated carbocycles. The number of carboxylic acid groups (broad SMARTS) is 1. The molecule has 4 nitrogen and oxygen atoms in total. The van der Waals surface area contributed by atoms with Crippen LogP contribution in [0.5, 0.6) is 0 Å². The zero-order chi connectivity index (χ0) is 12.4. The van der Waals surface area contributed by atoms with Gasteiger partial charge >= 0.3 is 5.97 Å². The van der Waals surface area contributed by atoms with Crippen LogP contribution < -0.4 is 5.32 Å². The van der Waals surface area contributed by atoms with Gasteiger partial charge in [-0.05, 0) is 31.4 Å². The molecular formula is C12H15NO3S. The molecule has 2 rings (SSSR count). The molecule has 5 heteroatoms. The summed E-state index contributed by atoms with van der Waals surface area (Å²) in [5.41, 5.74) is 0.698. The number of nitrogens with one attached hydrogen (secondary N) is 1. The molecule has 1 amide bonds. The Balaban J connectivity index is 2.05. The Bertz CT molecular complexity index is 447. The van der Waals surface area contributed by atoms with E-state index in [0.29, 0.717) is 15.4 Å². The predicted molar refractivity (Wildman–Crippen MR) is 66.6 cm³/mol. The minimum Gasteiger partial charge on any atom is -0.477 e. The van der Waals surface area contributed by atoms with Crippen LogP contribution in [0.25, 0.3) is 0 Å². The highest BCUT2D eigenvalue weighted by molar-refractivity contribution is 7.18. The Morgan fingerprint density at radius 2 is 2.06 bits per heavy atom. The quantitative estimate of drug-likeness (QED) is 0.870. The van der Waals surface area contributed by atoms with E-state index in [2.05, 4.69) is 5.32 Å². The molecule has 1 aromatic heterocycles. The predicted octanol–water partition coefficient (Wildman–Crippen LogP) is 2.88. The molecule has 0 radical (unpaired) electrons. The highest BCUT2D eigenvalue weighted by Gasteiger charge is 2.23. The summed E-state index contributed by atoms with van der Waals surface area (Å²) in [7, 11) is 0. The number of hydrogen-bond donors (Lipinski definition) is 2.